The topological polar surface area (TPSA) is 38.5 Å². The molecule has 1 aromatic rings. The quantitative estimate of drug-likeness (QED) is 0.732. The lowest BCUT2D eigenvalue weighted by atomic mass is 10.0. The lowest BCUT2D eigenvalue weighted by Gasteiger charge is -2.27. The Hall–Kier alpha value is -0.900. The Bertz CT molecular complexity index is 373. The van der Waals surface area contributed by atoms with Crippen molar-refractivity contribution in [2.24, 2.45) is 5.73 Å². The molecule has 1 unspecified atom stereocenters. The minimum absolute atomic E-state index is 0.310. The highest BCUT2D eigenvalue weighted by molar-refractivity contribution is 5.29. The largest absolute Gasteiger partial charge is 0.385 e. The minimum Gasteiger partial charge on any atom is -0.385 e. The van der Waals surface area contributed by atoms with E-state index < -0.39 is 0 Å². The summed E-state index contributed by atoms with van der Waals surface area (Å²) in [6, 6.07) is 9.36. The molecule has 106 valence electrons. The van der Waals surface area contributed by atoms with Crippen LogP contribution in [0.15, 0.2) is 24.3 Å². The standard InChI is InChI=1S/C16H26N2O/c1-18(10-3-11-19-2)16(12-17)15-8-6-14(7-9-15)13-4-5-13/h6-9,13,16H,3-5,10-12,17H2,1-2H3. The molecule has 1 saturated carbocycles. The van der Waals surface area contributed by atoms with Crippen LogP contribution < -0.4 is 5.73 Å². The van der Waals surface area contributed by atoms with Gasteiger partial charge in [-0.3, -0.25) is 4.90 Å². The van der Waals surface area contributed by atoms with Crippen molar-refractivity contribution in [2.45, 2.75) is 31.2 Å². The third-order valence-corrected chi connectivity index (χ3v) is 3.98. The molecule has 0 saturated heterocycles. The number of nitrogens with zero attached hydrogens (tertiary/aromatic N) is 1. The summed E-state index contributed by atoms with van der Waals surface area (Å²) < 4.78 is 5.10. The Morgan fingerprint density at radius 3 is 2.53 bits per heavy atom. The highest BCUT2D eigenvalue weighted by Gasteiger charge is 2.23. The zero-order valence-corrected chi connectivity index (χ0v) is 12.1. The molecule has 1 aliphatic carbocycles. The number of ether oxygens (including phenoxy) is 1. The second-order valence-electron chi connectivity index (χ2n) is 5.52. The molecule has 1 fully saturated rings. The molecular weight excluding hydrogens is 236 g/mol. The van der Waals surface area contributed by atoms with Crippen molar-refractivity contribution in [3.05, 3.63) is 35.4 Å². The highest BCUT2D eigenvalue weighted by Crippen LogP contribution is 2.40. The Morgan fingerprint density at radius 2 is 2.00 bits per heavy atom. The van der Waals surface area contributed by atoms with E-state index in [-0.39, 0.29) is 0 Å². The number of hydrogen-bond acceptors (Lipinski definition) is 3. The van der Waals surface area contributed by atoms with Crippen LogP contribution in [0.2, 0.25) is 0 Å². The fourth-order valence-corrected chi connectivity index (χ4v) is 2.59. The molecule has 2 rings (SSSR count). The Balaban J connectivity index is 1.95. The van der Waals surface area contributed by atoms with Gasteiger partial charge in [0.25, 0.3) is 0 Å². The van der Waals surface area contributed by atoms with Gasteiger partial charge >= 0.3 is 0 Å². The molecule has 0 aliphatic heterocycles. The fraction of sp³-hybridized carbons (Fsp3) is 0.625. The van der Waals surface area contributed by atoms with E-state index >= 15 is 0 Å². The molecule has 0 amide bonds. The van der Waals surface area contributed by atoms with Gasteiger partial charge in [0.1, 0.15) is 0 Å². The van der Waals surface area contributed by atoms with E-state index in [4.69, 9.17) is 10.5 Å². The lowest BCUT2D eigenvalue weighted by Crippen LogP contribution is -2.31. The van der Waals surface area contributed by atoms with Crippen molar-refractivity contribution in [1.82, 2.24) is 4.90 Å². The third-order valence-electron chi connectivity index (χ3n) is 3.98. The summed E-state index contributed by atoms with van der Waals surface area (Å²) in [5.74, 6) is 0.824. The molecule has 1 atom stereocenters. The van der Waals surface area contributed by atoms with Crippen molar-refractivity contribution in [3.8, 4) is 0 Å². The molecule has 3 heteroatoms. The van der Waals surface area contributed by atoms with Crippen molar-refractivity contribution in [2.75, 3.05) is 33.9 Å². The summed E-state index contributed by atoms with van der Waals surface area (Å²) in [5, 5.41) is 0. The molecule has 0 heterocycles. The van der Waals surface area contributed by atoms with Crippen LogP contribution in [0.5, 0.6) is 0 Å². The zero-order chi connectivity index (χ0) is 13.7. The maximum absolute atomic E-state index is 5.95. The molecule has 2 N–H and O–H groups in total. The number of methoxy groups -OCH3 is 1. The van der Waals surface area contributed by atoms with Crippen LogP contribution in [0.4, 0.5) is 0 Å². The number of hydrogen-bond donors (Lipinski definition) is 1. The summed E-state index contributed by atoms with van der Waals surface area (Å²) in [5.41, 5.74) is 8.76. The number of benzene rings is 1. The maximum atomic E-state index is 5.95. The second-order valence-corrected chi connectivity index (χ2v) is 5.52. The first kappa shape index (κ1) is 14.5. The van der Waals surface area contributed by atoms with Gasteiger partial charge in [0.05, 0.1) is 0 Å². The molecule has 0 radical (unpaired) electrons. The van der Waals surface area contributed by atoms with E-state index in [1.165, 1.54) is 24.0 Å². The smallest absolute Gasteiger partial charge is 0.0474 e. The Morgan fingerprint density at radius 1 is 1.32 bits per heavy atom. The van der Waals surface area contributed by atoms with E-state index in [1.807, 2.05) is 0 Å². The van der Waals surface area contributed by atoms with Gasteiger partial charge in [0.15, 0.2) is 0 Å². The van der Waals surface area contributed by atoms with Crippen LogP contribution in [-0.2, 0) is 4.74 Å². The predicted molar refractivity (Wildman–Crippen MR) is 79.3 cm³/mol. The van der Waals surface area contributed by atoms with Gasteiger partial charge in [-0.05, 0) is 43.4 Å². The second kappa shape index (κ2) is 7.04. The minimum atomic E-state index is 0.310. The van der Waals surface area contributed by atoms with Crippen LogP contribution in [0.25, 0.3) is 0 Å². The first-order valence-electron chi connectivity index (χ1n) is 7.25. The monoisotopic (exact) mass is 262 g/mol. The average Bonchev–Trinajstić information content (AvgIpc) is 3.25. The lowest BCUT2D eigenvalue weighted by molar-refractivity contribution is 0.166. The normalized spacial score (nSPS) is 16.8. The van der Waals surface area contributed by atoms with E-state index in [0.29, 0.717) is 12.6 Å². The van der Waals surface area contributed by atoms with Gasteiger partial charge in [0.2, 0.25) is 0 Å². The summed E-state index contributed by atoms with van der Waals surface area (Å²) in [6.45, 7) is 2.48. The van der Waals surface area contributed by atoms with Gasteiger partial charge in [-0.15, -0.1) is 0 Å². The van der Waals surface area contributed by atoms with Gasteiger partial charge in [-0.1, -0.05) is 24.3 Å². The third kappa shape index (κ3) is 4.03. The van der Waals surface area contributed by atoms with Crippen molar-refractivity contribution < 1.29 is 4.74 Å². The zero-order valence-electron chi connectivity index (χ0n) is 12.1. The van der Waals surface area contributed by atoms with Crippen LogP contribution in [0, 0.1) is 0 Å². The summed E-state index contributed by atoms with van der Waals surface area (Å²) in [6.07, 6.45) is 3.76. The van der Waals surface area contributed by atoms with Crippen LogP contribution in [-0.4, -0.2) is 38.8 Å². The van der Waals surface area contributed by atoms with Crippen molar-refractivity contribution >= 4 is 0 Å². The number of likely N-dealkylation sites (N-methyl/N-ethyl adjacent to an activating group) is 1. The Labute approximate surface area is 116 Å². The molecule has 19 heavy (non-hydrogen) atoms. The van der Waals surface area contributed by atoms with E-state index in [0.717, 1.165) is 25.5 Å². The summed E-state index contributed by atoms with van der Waals surface area (Å²) in [7, 11) is 3.89. The SMILES string of the molecule is COCCCN(C)C(CN)c1ccc(C2CC2)cc1. The molecule has 0 spiro atoms. The fourth-order valence-electron chi connectivity index (χ4n) is 2.59. The van der Waals surface area contributed by atoms with Gasteiger partial charge in [-0.25, -0.2) is 0 Å². The molecular formula is C16H26N2O. The predicted octanol–water partition coefficient (Wildman–Crippen LogP) is 2.53. The van der Waals surface area contributed by atoms with Crippen molar-refractivity contribution in [3.63, 3.8) is 0 Å². The van der Waals surface area contributed by atoms with Crippen molar-refractivity contribution in [1.29, 1.82) is 0 Å². The average molecular weight is 262 g/mol. The molecule has 1 aliphatic rings. The summed E-state index contributed by atoms with van der Waals surface area (Å²) in [4.78, 5) is 2.32. The molecule has 0 bridgehead atoms. The van der Waals surface area contributed by atoms with E-state index in [9.17, 15) is 0 Å². The van der Waals surface area contributed by atoms with Crippen LogP contribution in [0.1, 0.15) is 42.3 Å². The first-order chi connectivity index (χ1) is 9.26. The number of nitrogens with two attached hydrogens (primary N) is 1. The first-order valence-corrected chi connectivity index (χ1v) is 7.25. The molecule has 1 aromatic carbocycles. The highest BCUT2D eigenvalue weighted by atomic mass is 16.5. The molecule has 3 nitrogen and oxygen atoms in total. The molecule has 0 aromatic heterocycles. The summed E-state index contributed by atoms with van der Waals surface area (Å²) >= 11 is 0. The van der Waals surface area contributed by atoms with Gasteiger partial charge in [0, 0.05) is 32.8 Å². The van der Waals surface area contributed by atoms with Gasteiger partial charge in [-0.2, -0.15) is 0 Å². The maximum Gasteiger partial charge on any atom is 0.0474 e. The van der Waals surface area contributed by atoms with E-state index in [1.54, 1.807) is 7.11 Å². The Kier molecular flexibility index (Phi) is 5.37. The van der Waals surface area contributed by atoms with E-state index in [2.05, 4.69) is 36.2 Å². The van der Waals surface area contributed by atoms with Crippen LogP contribution in [0.3, 0.4) is 0 Å². The van der Waals surface area contributed by atoms with Crippen LogP contribution >= 0.6 is 0 Å². The number of rotatable bonds is 8. The van der Waals surface area contributed by atoms with Gasteiger partial charge < -0.3 is 10.5 Å².